The van der Waals surface area contributed by atoms with E-state index in [4.69, 9.17) is 14.2 Å². The number of likely N-dealkylation sites (N-methyl/N-ethyl adjacent to an activating group) is 1. The van der Waals surface area contributed by atoms with Crippen LogP contribution >= 0.6 is 0 Å². The normalized spacial score (nSPS) is 19.4. The first-order valence-corrected chi connectivity index (χ1v) is 7.49. The Hall–Kier alpha value is -1.21. The molecule has 126 valence electrons. The predicted octanol–water partition coefficient (Wildman–Crippen LogP) is 1.10. The van der Waals surface area contributed by atoms with Gasteiger partial charge in [0.2, 0.25) is 0 Å². The van der Waals surface area contributed by atoms with E-state index < -0.39 is 24.6 Å². The number of rotatable bonds is 10. The van der Waals surface area contributed by atoms with Gasteiger partial charge in [0.25, 0.3) is 5.91 Å². The molecule has 0 aromatic rings. The van der Waals surface area contributed by atoms with Crippen LogP contribution in [-0.2, 0) is 19.0 Å². The maximum atomic E-state index is 12.2. The summed E-state index contributed by atoms with van der Waals surface area (Å²) in [7, 11) is 3.33. The van der Waals surface area contributed by atoms with Crippen molar-refractivity contribution in [3.05, 3.63) is 25.3 Å². The summed E-state index contributed by atoms with van der Waals surface area (Å²) in [6.45, 7) is 8.34. The van der Waals surface area contributed by atoms with Crippen molar-refractivity contribution in [2.45, 2.75) is 43.9 Å². The summed E-state index contributed by atoms with van der Waals surface area (Å²) in [5.41, 5.74) is 0. The molecule has 22 heavy (non-hydrogen) atoms. The SMILES string of the molecule is C=CC[C@@H](O[C@@H](CC1OCCO1)[C@@H](O)CC=C)C(=O)N(C)C. The number of hydrogen-bond acceptors (Lipinski definition) is 5. The van der Waals surface area contributed by atoms with E-state index in [-0.39, 0.29) is 5.91 Å². The van der Waals surface area contributed by atoms with Crippen molar-refractivity contribution in [1.82, 2.24) is 4.90 Å². The number of aliphatic hydroxyl groups excluding tert-OH is 1. The Morgan fingerprint density at radius 2 is 1.91 bits per heavy atom. The third-order valence-corrected chi connectivity index (χ3v) is 3.39. The number of carbonyl (C=O) groups is 1. The average Bonchev–Trinajstić information content (AvgIpc) is 2.98. The summed E-state index contributed by atoms with van der Waals surface area (Å²) >= 11 is 0. The number of carbonyl (C=O) groups excluding carboxylic acids is 1. The lowest BCUT2D eigenvalue weighted by atomic mass is 10.1. The van der Waals surface area contributed by atoms with E-state index in [0.29, 0.717) is 32.5 Å². The monoisotopic (exact) mass is 313 g/mol. The van der Waals surface area contributed by atoms with Gasteiger partial charge >= 0.3 is 0 Å². The van der Waals surface area contributed by atoms with Crippen molar-refractivity contribution in [1.29, 1.82) is 0 Å². The predicted molar refractivity (Wildman–Crippen MR) is 83.3 cm³/mol. The molecule has 1 N–H and O–H groups in total. The Bertz CT molecular complexity index is 366. The van der Waals surface area contributed by atoms with Crippen molar-refractivity contribution in [3.8, 4) is 0 Å². The standard InChI is InChI=1S/C16H27NO5/c1-5-7-12(18)14(11-15-20-9-10-21-15)22-13(8-6-2)16(19)17(3)4/h5-6,12-15,18H,1-2,7-11H2,3-4H3/t12-,13+,14-/m0/s1. The maximum absolute atomic E-state index is 12.2. The minimum atomic E-state index is -0.771. The number of hydrogen-bond donors (Lipinski definition) is 1. The molecule has 0 spiro atoms. The number of amides is 1. The van der Waals surface area contributed by atoms with E-state index in [1.54, 1.807) is 26.2 Å². The minimum absolute atomic E-state index is 0.163. The van der Waals surface area contributed by atoms with Crippen LogP contribution < -0.4 is 0 Å². The van der Waals surface area contributed by atoms with Crippen molar-refractivity contribution in [2.24, 2.45) is 0 Å². The second kappa shape index (κ2) is 9.74. The highest BCUT2D eigenvalue weighted by Gasteiger charge is 2.31. The smallest absolute Gasteiger partial charge is 0.251 e. The van der Waals surface area contributed by atoms with Crippen LogP contribution in [0.15, 0.2) is 25.3 Å². The minimum Gasteiger partial charge on any atom is -0.390 e. The first-order valence-electron chi connectivity index (χ1n) is 7.49. The van der Waals surface area contributed by atoms with Crippen molar-refractivity contribution in [2.75, 3.05) is 27.3 Å². The average molecular weight is 313 g/mol. The number of ether oxygens (including phenoxy) is 3. The zero-order valence-corrected chi connectivity index (χ0v) is 13.4. The van der Waals surface area contributed by atoms with Crippen LogP contribution in [0.1, 0.15) is 19.3 Å². The van der Waals surface area contributed by atoms with Gasteiger partial charge in [-0.15, -0.1) is 13.2 Å². The molecule has 0 aromatic carbocycles. The van der Waals surface area contributed by atoms with E-state index in [2.05, 4.69) is 13.2 Å². The fraction of sp³-hybridized carbons (Fsp3) is 0.688. The number of nitrogens with zero attached hydrogens (tertiary/aromatic N) is 1. The number of aliphatic hydroxyl groups is 1. The van der Waals surface area contributed by atoms with Crippen LogP contribution in [0.25, 0.3) is 0 Å². The summed E-state index contributed by atoms with van der Waals surface area (Å²) in [4.78, 5) is 13.6. The van der Waals surface area contributed by atoms with Crippen molar-refractivity contribution >= 4 is 5.91 Å². The Balaban J connectivity index is 2.75. The summed E-state index contributed by atoms with van der Waals surface area (Å²) in [6, 6.07) is 0. The molecular formula is C16H27NO5. The second-order valence-corrected chi connectivity index (χ2v) is 5.42. The lowest BCUT2D eigenvalue weighted by Crippen LogP contribution is -2.42. The Morgan fingerprint density at radius 3 is 2.41 bits per heavy atom. The molecule has 0 unspecified atom stereocenters. The van der Waals surface area contributed by atoms with Gasteiger partial charge in [0.15, 0.2) is 6.29 Å². The Morgan fingerprint density at radius 1 is 1.32 bits per heavy atom. The Kier molecular flexibility index (Phi) is 8.34. The van der Waals surface area contributed by atoms with E-state index in [1.165, 1.54) is 4.90 Å². The zero-order valence-electron chi connectivity index (χ0n) is 13.4. The van der Waals surface area contributed by atoms with Crippen LogP contribution in [0.5, 0.6) is 0 Å². The van der Waals surface area contributed by atoms with Crippen LogP contribution in [0.3, 0.4) is 0 Å². The molecule has 3 atom stereocenters. The second-order valence-electron chi connectivity index (χ2n) is 5.42. The quantitative estimate of drug-likeness (QED) is 0.612. The molecule has 1 aliphatic heterocycles. The molecule has 0 bridgehead atoms. The largest absolute Gasteiger partial charge is 0.390 e. The molecule has 1 saturated heterocycles. The summed E-state index contributed by atoms with van der Waals surface area (Å²) < 4.78 is 16.7. The molecular weight excluding hydrogens is 286 g/mol. The van der Waals surface area contributed by atoms with Crippen LogP contribution in [0, 0.1) is 0 Å². The zero-order chi connectivity index (χ0) is 16.5. The molecule has 6 heteroatoms. The lowest BCUT2D eigenvalue weighted by Gasteiger charge is -2.29. The van der Waals surface area contributed by atoms with Gasteiger partial charge in [-0.1, -0.05) is 12.2 Å². The maximum Gasteiger partial charge on any atom is 0.251 e. The molecule has 0 aromatic heterocycles. The van der Waals surface area contributed by atoms with Crippen molar-refractivity contribution in [3.63, 3.8) is 0 Å². The van der Waals surface area contributed by atoms with Crippen LogP contribution in [0.4, 0.5) is 0 Å². The highest BCUT2D eigenvalue weighted by molar-refractivity contribution is 5.80. The van der Waals surface area contributed by atoms with E-state index in [9.17, 15) is 9.90 Å². The highest BCUT2D eigenvalue weighted by Crippen LogP contribution is 2.20. The molecule has 1 fully saturated rings. The van der Waals surface area contributed by atoms with E-state index in [0.717, 1.165) is 0 Å². The molecule has 0 radical (unpaired) electrons. The van der Waals surface area contributed by atoms with Gasteiger partial charge in [0.05, 0.1) is 25.4 Å². The first kappa shape index (κ1) is 18.8. The van der Waals surface area contributed by atoms with Crippen LogP contribution in [-0.4, -0.2) is 67.8 Å². The third-order valence-electron chi connectivity index (χ3n) is 3.39. The fourth-order valence-corrected chi connectivity index (χ4v) is 2.22. The van der Waals surface area contributed by atoms with Gasteiger partial charge in [-0.05, 0) is 6.42 Å². The van der Waals surface area contributed by atoms with Crippen LogP contribution in [0.2, 0.25) is 0 Å². The lowest BCUT2D eigenvalue weighted by molar-refractivity contribution is -0.159. The first-order chi connectivity index (χ1) is 10.5. The van der Waals surface area contributed by atoms with E-state index in [1.807, 2.05) is 0 Å². The molecule has 1 rings (SSSR count). The highest BCUT2D eigenvalue weighted by atomic mass is 16.7. The topological polar surface area (TPSA) is 68.2 Å². The van der Waals surface area contributed by atoms with Gasteiger partial charge in [0.1, 0.15) is 6.10 Å². The summed E-state index contributed by atoms with van der Waals surface area (Å²) in [6.07, 6.45) is 1.92. The summed E-state index contributed by atoms with van der Waals surface area (Å²) in [5.74, 6) is -0.163. The molecule has 1 aliphatic rings. The van der Waals surface area contributed by atoms with Gasteiger partial charge in [-0.2, -0.15) is 0 Å². The Labute approximate surface area is 132 Å². The van der Waals surface area contributed by atoms with Gasteiger partial charge in [0, 0.05) is 26.9 Å². The molecule has 1 heterocycles. The molecule has 0 saturated carbocycles. The van der Waals surface area contributed by atoms with Crippen molar-refractivity contribution < 1.29 is 24.1 Å². The molecule has 0 aliphatic carbocycles. The fourth-order valence-electron chi connectivity index (χ4n) is 2.22. The van der Waals surface area contributed by atoms with Gasteiger partial charge in [-0.25, -0.2) is 0 Å². The summed E-state index contributed by atoms with van der Waals surface area (Å²) in [5, 5.41) is 10.2. The van der Waals surface area contributed by atoms with E-state index >= 15 is 0 Å². The molecule has 1 amide bonds. The van der Waals surface area contributed by atoms with Gasteiger partial charge in [-0.3, -0.25) is 4.79 Å². The molecule has 6 nitrogen and oxygen atoms in total. The van der Waals surface area contributed by atoms with Gasteiger partial charge < -0.3 is 24.2 Å². The third kappa shape index (κ3) is 5.88.